The lowest BCUT2D eigenvalue weighted by molar-refractivity contribution is 0.220. The maximum atomic E-state index is 5.48. The minimum absolute atomic E-state index is 0.679. The highest BCUT2D eigenvalue weighted by Crippen LogP contribution is 2.31. The fourth-order valence-electron chi connectivity index (χ4n) is 2.84. The molecule has 0 spiro atoms. The van der Waals surface area contributed by atoms with Gasteiger partial charge < -0.3 is 9.64 Å². The SMILES string of the molecule is CCCN(C)[C@H]1CCc2cccc(OC)c2C1. The van der Waals surface area contributed by atoms with Gasteiger partial charge in [-0.25, -0.2) is 0 Å². The lowest BCUT2D eigenvalue weighted by Crippen LogP contribution is -2.37. The number of fused-ring (bicyclic) bond motifs is 1. The molecule has 1 aromatic carbocycles. The van der Waals surface area contributed by atoms with Crippen LogP contribution in [0.3, 0.4) is 0 Å². The van der Waals surface area contributed by atoms with Gasteiger partial charge in [-0.2, -0.15) is 0 Å². The summed E-state index contributed by atoms with van der Waals surface area (Å²) in [6, 6.07) is 7.11. The zero-order valence-corrected chi connectivity index (χ0v) is 11.2. The number of benzene rings is 1. The fourth-order valence-corrected chi connectivity index (χ4v) is 2.84. The van der Waals surface area contributed by atoms with Gasteiger partial charge in [-0.15, -0.1) is 0 Å². The Kier molecular flexibility index (Phi) is 4.06. The van der Waals surface area contributed by atoms with E-state index in [2.05, 4.69) is 37.1 Å². The highest BCUT2D eigenvalue weighted by molar-refractivity contribution is 5.42. The molecular formula is C15H23NO. The van der Waals surface area contributed by atoms with Gasteiger partial charge in [0.15, 0.2) is 0 Å². The molecule has 1 aliphatic carbocycles. The molecule has 1 atom stereocenters. The van der Waals surface area contributed by atoms with Crippen LogP contribution in [0.2, 0.25) is 0 Å². The first-order chi connectivity index (χ1) is 8.26. The Morgan fingerprint density at radius 2 is 2.24 bits per heavy atom. The van der Waals surface area contributed by atoms with Crippen LogP contribution in [0.4, 0.5) is 0 Å². The van der Waals surface area contributed by atoms with Crippen LogP contribution in [0, 0.1) is 0 Å². The van der Waals surface area contributed by atoms with Gasteiger partial charge >= 0.3 is 0 Å². The third kappa shape index (κ3) is 2.63. The normalized spacial score (nSPS) is 19.2. The Hall–Kier alpha value is -1.02. The highest BCUT2D eigenvalue weighted by Gasteiger charge is 2.23. The molecule has 0 unspecified atom stereocenters. The van der Waals surface area contributed by atoms with E-state index in [1.165, 1.54) is 36.9 Å². The van der Waals surface area contributed by atoms with Crippen LogP contribution in [0.15, 0.2) is 18.2 Å². The van der Waals surface area contributed by atoms with E-state index in [1.807, 2.05) is 0 Å². The van der Waals surface area contributed by atoms with Gasteiger partial charge in [-0.1, -0.05) is 19.1 Å². The van der Waals surface area contributed by atoms with E-state index in [0.29, 0.717) is 6.04 Å². The van der Waals surface area contributed by atoms with E-state index in [4.69, 9.17) is 4.74 Å². The molecular weight excluding hydrogens is 210 g/mol. The topological polar surface area (TPSA) is 12.5 Å². The molecule has 0 saturated carbocycles. The number of hydrogen-bond acceptors (Lipinski definition) is 2. The average Bonchev–Trinajstić information content (AvgIpc) is 2.37. The molecule has 0 amide bonds. The number of aryl methyl sites for hydroxylation is 1. The summed E-state index contributed by atoms with van der Waals surface area (Å²) >= 11 is 0. The Bertz CT molecular complexity index is 361. The van der Waals surface area contributed by atoms with Crippen molar-refractivity contribution in [3.8, 4) is 5.75 Å². The second kappa shape index (κ2) is 5.54. The van der Waals surface area contributed by atoms with Gasteiger partial charge in [0.1, 0.15) is 5.75 Å². The van der Waals surface area contributed by atoms with Crippen LogP contribution in [0.25, 0.3) is 0 Å². The summed E-state index contributed by atoms with van der Waals surface area (Å²) in [6.45, 7) is 3.43. The molecule has 0 aliphatic heterocycles. The summed E-state index contributed by atoms with van der Waals surface area (Å²) in [5.74, 6) is 1.07. The van der Waals surface area contributed by atoms with Crippen LogP contribution in [0.5, 0.6) is 5.75 Å². The second-order valence-electron chi connectivity index (χ2n) is 4.98. The van der Waals surface area contributed by atoms with Crippen molar-refractivity contribution in [1.29, 1.82) is 0 Å². The van der Waals surface area contributed by atoms with Crippen LogP contribution in [-0.4, -0.2) is 31.6 Å². The van der Waals surface area contributed by atoms with Gasteiger partial charge in [0.25, 0.3) is 0 Å². The molecule has 17 heavy (non-hydrogen) atoms. The number of hydrogen-bond donors (Lipinski definition) is 0. The zero-order valence-electron chi connectivity index (χ0n) is 11.2. The van der Waals surface area contributed by atoms with Crippen LogP contribution < -0.4 is 4.74 Å². The first kappa shape index (κ1) is 12.4. The summed E-state index contributed by atoms with van der Waals surface area (Å²) in [5, 5.41) is 0. The largest absolute Gasteiger partial charge is 0.496 e. The number of rotatable bonds is 4. The van der Waals surface area contributed by atoms with E-state index < -0.39 is 0 Å². The molecule has 0 saturated heterocycles. The molecule has 2 heteroatoms. The van der Waals surface area contributed by atoms with Crippen LogP contribution >= 0.6 is 0 Å². The van der Waals surface area contributed by atoms with E-state index >= 15 is 0 Å². The molecule has 0 aromatic heterocycles. The molecule has 2 rings (SSSR count). The smallest absolute Gasteiger partial charge is 0.122 e. The molecule has 0 fully saturated rings. The van der Waals surface area contributed by atoms with Crippen molar-refractivity contribution in [3.63, 3.8) is 0 Å². The Morgan fingerprint density at radius 3 is 2.94 bits per heavy atom. The fraction of sp³-hybridized carbons (Fsp3) is 0.600. The molecule has 0 bridgehead atoms. The Labute approximate surface area is 105 Å². The third-order valence-electron chi connectivity index (χ3n) is 3.84. The van der Waals surface area contributed by atoms with Crippen molar-refractivity contribution in [1.82, 2.24) is 4.90 Å². The molecule has 1 aliphatic rings. The third-order valence-corrected chi connectivity index (χ3v) is 3.84. The predicted molar refractivity (Wildman–Crippen MR) is 71.7 cm³/mol. The van der Waals surface area contributed by atoms with Crippen molar-refractivity contribution >= 4 is 0 Å². The van der Waals surface area contributed by atoms with Crippen LogP contribution in [-0.2, 0) is 12.8 Å². The minimum atomic E-state index is 0.679. The summed E-state index contributed by atoms with van der Waals surface area (Å²) < 4.78 is 5.48. The van der Waals surface area contributed by atoms with Gasteiger partial charge in [0.05, 0.1) is 7.11 Å². The summed E-state index contributed by atoms with van der Waals surface area (Å²) in [7, 11) is 4.02. The number of nitrogens with zero attached hydrogens (tertiary/aromatic N) is 1. The summed E-state index contributed by atoms with van der Waals surface area (Å²) in [4.78, 5) is 2.50. The zero-order chi connectivity index (χ0) is 12.3. The summed E-state index contributed by atoms with van der Waals surface area (Å²) in [6.07, 6.45) is 4.82. The van der Waals surface area contributed by atoms with Crippen molar-refractivity contribution in [2.24, 2.45) is 0 Å². The lowest BCUT2D eigenvalue weighted by Gasteiger charge is -2.33. The van der Waals surface area contributed by atoms with Gasteiger partial charge in [-0.3, -0.25) is 0 Å². The molecule has 94 valence electrons. The quantitative estimate of drug-likeness (QED) is 0.793. The monoisotopic (exact) mass is 233 g/mol. The standard InChI is InChI=1S/C15H23NO/c1-4-10-16(2)13-9-8-12-6-5-7-15(17-3)14(12)11-13/h5-7,13H,4,8-11H2,1-3H3/t13-/m0/s1. The minimum Gasteiger partial charge on any atom is -0.496 e. The van der Waals surface area contributed by atoms with E-state index in [0.717, 1.165) is 12.2 Å². The number of ether oxygens (including phenoxy) is 1. The average molecular weight is 233 g/mol. The van der Waals surface area contributed by atoms with E-state index in [1.54, 1.807) is 7.11 Å². The number of methoxy groups -OCH3 is 1. The number of likely N-dealkylation sites (N-methyl/N-ethyl adjacent to an activating group) is 1. The molecule has 2 nitrogen and oxygen atoms in total. The molecule has 1 aromatic rings. The van der Waals surface area contributed by atoms with Gasteiger partial charge in [0, 0.05) is 6.04 Å². The van der Waals surface area contributed by atoms with Crippen molar-refractivity contribution in [2.45, 2.75) is 38.6 Å². The molecule has 0 heterocycles. The van der Waals surface area contributed by atoms with E-state index in [-0.39, 0.29) is 0 Å². The van der Waals surface area contributed by atoms with Crippen molar-refractivity contribution in [2.75, 3.05) is 20.7 Å². The van der Waals surface area contributed by atoms with E-state index in [9.17, 15) is 0 Å². The lowest BCUT2D eigenvalue weighted by atomic mass is 9.87. The highest BCUT2D eigenvalue weighted by atomic mass is 16.5. The molecule has 0 N–H and O–H groups in total. The van der Waals surface area contributed by atoms with Crippen molar-refractivity contribution < 1.29 is 4.74 Å². The summed E-state index contributed by atoms with van der Waals surface area (Å²) in [5.41, 5.74) is 2.90. The maximum Gasteiger partial charge on any atom is 0.122 e. The van der Waals surface area contributed by atoms with Gasteiger partial charge in [0.2, 0.25) is 0 Å². The second-order valence-corrected chi connectivity index (χ2v) is 4.98. The first-order valence-corrected chi connectivity index (χ1v) is 6.61. The predicted octanol–water partition coefficient (Wildman–Crippen LogP) is 2.89. The maximum absolute atomic E-state index is 5.48. The Morgan fingerprint density at radius 1 is 1.41 bits per heavy atom. The molecule has 0 radical (unpaired) electrons. The first-order valence-electron chi connectivity index (χ1n) is 6.61. The van der Waals surface area contributed by atoms with Gasteiger partial charge in [-0.05, 0) is 56.5 Å². The van der Waals surface area contributed by atoms with Crippen LogP contribution in [0.1, 0.15) is 30.9 Å². The Balaban J connectivity index is 2.17. The van der Waals surface area contributed by atoms with Crippen molar-refractivity contribution in [3.05, 3.63) is 29.3 Å².